The number of anilines is 3. The molecule has 0 bridgehead atoms. The monoisotopic (exact) mass is 492 g/mol. The molecule has 0 spiro atoms. The Labute approximate surface area is 214 Å². The fourth-order valence-electron chi connectivity index (χ4n) is 4.08. The van der Waals surface area contributed by atoms with Crippen LogP contribution in [-0.4, -0.2) is 30.2 Å². The summed E-state index contributed by atoms with van der Waals surface area (Å²) >= 11 is 0. The Hall–Kier alpha value is -5.02. The number of ether oxygens (including phenoxy) is 3. The van der Waals surface area contributed by atoms with Crippen LogP contribution in [0.3, 0.4) is 0 Å². The molecule has 0 saturated heterocycles. The molecule has 4 aromatic rings. The molecule has 3 aromatic carbocycles. The summed E-state index contributed by atoms with van der Waals surface area (Å²) in [6, 6.07) is 20.5. The Morgan fingerprint density at radius 2 is 1.62 bits per heavy atom. The fourth-order valence-corrected chi connectivity index (χ4v) is 4.08. The first-order valence-electron chi connectivity index (χ1n) is 11.8. The van der Waals surface area contributed by atoms with Gasteiger partial charge in [-0.1, -0.05) is 0 Å². The molecule has 0 aliphatic heterocycles. The minimum Gasteiger partial charge on any atom is -0.493 e. The van der Waals surface area contributed by atoms with Crippen LogP contribution >= 0.6 is 0 Å². The molecule has 1 aliphatic carbocycles. The van der Waals surface area contributed by atoms with Gasteiger partial charge in [-0.2, -0.15) is 20.5 Å². The number of aromatic nitrogens is 2. The summed E-state index contributed by atoms with van der Waals surface area (Å²) < 4.78 is 17.6. The van der Waals surface area contributed by atoms with Gasteiger partial charge in [0.2, 0.25) is 17.6 Å². The van der Waals surface area contributed by atoms with E-state index in [4.69, 9.17) is 19.5 Å². The van der Waals surface area contributed by atoms with Crippen molar-refractivity contribution < 1.29 is 14.2 Å². The topological polar surface area (TPSA) is 125 Å². The molecule has 1 aliphatic rings. The first kappa shape index (κ1) is 23.7. The fraction of sp³-hybridized carbons (Fsp3) is 0.214. The van der Waals surface area contributed by atoms with Crippen molar-refractivity contribution in [1.29, 1.82) is 10.5 Å². The third kappa shape index (κ3) is 5.02. The second-order valence-corrected chi connectivity index (χ2v) is 8.59. The molecule has 0 unspecified atom stereocenters. The summed E-state index contributed by atoms with van der Waals surface area (Å²) in [5.74, 6) is 2.52. The summed E-state index contributed by atoms with van der Waals surface area (Å²) in [5, 5.41) is 26.5. The van der Waals surface area contributed by atoms with Crippen LogP contribution < -0.4 is 24.8 Å². The van der Waals surface area contributed by atoms with E-state index >= 15 is 0 Å². The molecule has 0 amide bonds. The highest BCUT2D eigenvalue weighted by atomic mass is 16.5. The van der Waals surface area contributed by atoms with Crippen LogP contribution in [0.15, 0.2) is 54.6 Å². The van der Waals surface area contributed by atoms with Crippen molar-refractivity contribution in [3.05, 3.63) is 65.7 Å². The van der Waals surface area contributed by atoms with Crippen molar-refractivity contribution in [2.24, 2.45) is 0 Å². The SMILES string of the molecule is COc1cc2cc(C#N)ccc2c(OC)c1Oc1cc(NC2CCC2)nc(Nc2ccc(C#N)cc2)n1. The van der Waals surface area contributed by atoms with Crippen molar-refractivity contribution in [2.45, 2.75) is 25.3 Å². The van der Waals surface area contributed by atoms with E-state index in [0.29, 0.717) is 46.2 Å². The molecular formula is C28H24N6O3. The highest BCUT2D eigenvalue weighted by Gasteiger charge is 2.21. The highest BCUT2D eigenvalue weighted by molar-refractivity contribution is 5.94. The Bertz CT molecular complexity index is 1540. The molecule has 0 atom stereocenters. The average molecular weight is 493 g/mol. The largest absolute Gasteiger partial charge is 0.493 e. The Balaban J connectivity index is 1.54. The average Bonchev–Trinajstić information content (AvgIpc) is 2.90. The minimum atomic E-state index is 0.289. The number of nitrogens with zero attached hydrogens (tertiary/aromatic N) is 4. The number of hydrogen-bond acceptors (Lipinski definition) is 9. The van der Waals surface area contributed by atoms with Gasteiger partial charge in [-0.05, 0) is 73.2 Å². The first-order chi connectivity index (χ1) is 18.1. The van der Waals surface area contributed by atoms with Crippen molar-refractivity contribution >= 4 is 28.2 Å². The zero-order valence-electron chi connectivity index (χ0n) is 20.4. The second-order valence-electron chi connectivity index (χ2n) is 8.59. The predicted octanol–water partition coefficient (Wildman–Crippen LogP) is 5.89. The van der Waals surface area contributed by atoms with Gasteiger partial charge in [0, 0.05) is 23.2 Å². The second kappa shape index (κ2) is 10.3. The molecule has 5 rings (SSSR count). The van der Waals surface area contributed by atoms with Crippen molar-refractivity contribution in [3.63, 3.8) is 0 Å². The van der Waals surface area contributed by atoms with Crippen LogP contribution in [0.4, 0.5) is 17.5 Å². The number of fused-ring (bicyclic) bond motifs is 1. The summed E-state index contributed by atoms with van der Waals surface area (Å²) in [4.78, 5) is 9.19. The van der Waals surface area contributed by atoms with Gasteiger partial charge in [0.15, 0.2) is 11.5 Å². The maximum Gasteiger partial charge on any atom is 0.232 e. The van der Waals surface area contributed by atoms with E-state index in [1.54, 1.807) is 62.8 Å². The smallest absolute Gasteiger partial charge is 0.232 e. The molecule has 1 aromatic heterocycles. The molecule has 9 heteroatoms. The third-order valence-corrected chi connectivity index (χ3v) is 6.20. The van der Waals surface area contributed by atoms with Gasteiger partial charge in [-0.3, -0.25) is 0 Å². The van der Waals surface area contributed by atoms with E-state index in [2.05, 4.69) is 32.7 Å². The summed E-state index contributed by atoms with van der Waals surface area (Å²) in [7, 11) is 3.10. The van der Waals surface area contributed by atoms with Crippen molar-refractivity contribution in [3.8, 4) is 35.3 Å². The zero-order chi connectivity index (χ0) is 25.8. The number of rotatable bonds is 8. The van der Waals surface area contributed by atoms with Crippen LogP contribution in [0, 0.1) is 22.7 Å². The van der Waals surface area contributed by atoms with Gasteiger partial charge < -0.3 is 24.8 Å². The standard InChI is InChI=1S/C28H24N6O3/c1-35-23-13-19-12-18(16-30)8-11-22(19)26(36-2)27(23)37-25-14-24(31-20-4-3-5-20)33-28(34-25)32-21-9-6-17(15-29)7-10-21/h6-14,20H,3-5H2,1-2H3,(H2,31,32,33,34). The van der Waals surface area contributed by atoms with Crippen LogP contribution in [0.25, 0.3) is 10.8 Å². The van der Waals surface area contributed by atoms with Gasteiger partial charge in [0.25, 0.3) is 0 Å². The number of methoxy groups -OCH3 is 2. The molecule has 37 heavy (non-hydrogen) atoms. The van der Waals surface area contributed by atoms with Crippen molar-refractivity contribution in [1.82, 2.24) is 9.97 Å². The van der Waals surface area contributed by atoms with Crippen LogP contribution in [-0.2, 0) is 0 Å². The van der Waals surface area contributed by atoms with E-state index in [1.807, 2.05) is 6.07 Å². The molecule has 184 valence electrons. The number of benzene rings is 3. The highest BCUT2D eigenvalue weighted by Crippen LogP contribution is 2.45. The molecule has 1 heterocycles. The van der Waals surface area contributed by atoms with Crippen LogP contribution in [0.2, 0.25) is 0 Å². The lowest BCUT2D eigenvalue weighted by Crippen LogP contribution is -2.27. The van der Waals surface area contributed by atoms with Crippen molar-refractivity contribution in [2.75, 3.05) is 24.9 Å². The lowest BCUT2D eigenvalue weighted by atomic mass is 9.93. The maximum absolute atomic E-state index is 9.29. The quantitative estimate of drug-likeness (QED) is 0.310. The molecule has 1 saturated carbocycles. The lowest BCUT2D eigenvalue weighted by molar-refractivity contribution is 0.345. The normalized spacial score (nSPS) is 12.6. The van der Waals surface area contributed by atoms with Crippen LogP contribution in [0.1, 0.15) is 30.4 Å². The van der Waals surface area contributed by atoms with Gasteiger partial charge in [0.05, 0.1) is 37.5 Å². The molecule has 9 nitrogen and oxygen atoms in total. The molecule has 1 fully saturated rings. The molecule has 2 N–H and O–H groups in total. The Morgan fingerprint density at radius 1 is 0.865 bits per heavy atom. The lowest BCUT2D eigenvalue weighted by Gasteiger charge is -2.27. The number of nitrogens with one attached hydrogen (secondary N) is 2. The van der Waals surface area contributed by atoms with Gasteiger partial charge in [0.1, 0.15) is 5.82 Å². The first-order valence-corrected chi connectivity index (χ1v) is 11.8. The van der Waals surface area contributed by atoms with Gasteiger partial charge >= 0.3 is 0 Å². The Morgan fingerprint density at radius 3 is 2.27 bits per heavy atom. The summed E-state index contributed by atoms with van der Waals surface area (Å²) in [6.07, 6.45) is 3.34. The third-order valence-electron chi connectivity index (χ3n) is 6.20. The van der Waals surface area contributed by atoms with E-state index in [1.165, 1.54) is 6.42 Å². The Kier molecular flexibility index (Phi) is 6.60. The number of hydrogen-bond donors (Lipinski definition) is 2. The molecular weight excluding hydrogens is 468 g/mol. The van der Waals surface area contributed by atoms with E-state index in [0.717, 1.165) is 29.3 Å². The summed E-state index contributed by atoms with van der Waals surface area (Å²) in [6.45, 7) is 0. The molecule has 0 radical (unpaired) electrons. The number of nitriles is 2. The summed E-state index contributed by atoms with van der Waals surface area (Å²) in [5.41, 5.74) is 1.83. The maximum atomic E-state index is 9.29. The van der Waals surface area contributed by atoms with Crippen LogP contribution in [0.5, 0.6) is 23.1 Å². The minimum absolute atomic E-state index is 0.289. The van der Waals surface area contributed by atoms with E-state index in [9.17, 15) is 5.26 Å². The zero-order valence-corrected chi connectivity index (χ0v) is 20.4. The van der Waals surface area contributed by atoms with E-state index < -0.39 is 0 Å². The van der Waals surface area contributed by atoms with Gasteiger partial charge in [-0.15, -0.1) is 0 Å². The predicted molar refractivity (Wildman–Crippen MR) is 140 cm³/mol. The van der Waals surface area contributed by atoms with E-state index in [-0.39, 0.29) is 5.88 Å². The van der Waals surface area contributed by atoms with Gasteiger partial charge in [-0.25, -0.2) is 0 Å².